The highest BCUT2D eigenvalue weighted by molar-refractivity contribution is 6.33. The molecule has 0 spiro atoms. The van der Waals surface area contributed by atoms with Crippen LogP contribution in [0.2, 0.25) is 5.02 Å². The van der Waals surface area contributed by atoms with Gasteiger partial charge in [0, 0.05) is 13.1 Å². The SMILES string of the molecule is CNC(=O)NC(=O)C(C)Nc1c(F)cc(F)cc1Cl. The van der Waals surface area contributed by atoms with E-state index in [2.05, 4.69) is 10.6 Å². The second kappa shape index (κ2) is 6.33. The molecule has 3 amide bonds. The molecule has 1 aromatic rings. The van der Waals surface area contributed by atoms with Crippen molar-refractivity contribution in [3.8, 4) is 0 Å². The van der Waals surface area contributed by atoms with Crippen molar-refractivity contribution in [1.29, 1.82) is 0 Å². The summed E-state index contributed by atoms with van der Waals surface area (Å²) in [4.78, 5) is 22.5. The first-order chi connectivity index (χ1) is 8.85. The van der Waals surface area contributed by atoms with Crippen molar-refractivity contribution >= 4 is 29.2 Å². The summed E-state index contributed by atoms with van der Waals surface area (Å²) in [5.41, 5.74) is -0.206. The van der Waals surface area contributed by atoms with Crippen molar-refractivity contribution in [3.63, 3.8) is 0 Å². The Morgan fingerprint density at radius 1 is 1.32 bits per heavy atom. The van der Waals surface area contributed by atoms with Gasteiger partial charge in [-0.05, 0) is 13.0 Å². The molecule has 5 nitrogen and oxygen atoms in total. The van der Waals surface area contributed by atoms with Crippen LogP contribution in [0.4, 0.5) is 19.3 Å². The van der Waals surface area contributed by atoms with Crippen LogP contribution in [0.5, 0.6) is 0 Å². The molecular weight excluding hydrogens is 280 g/mol. The average Bonchev–Trinajstić information content (AvgIpc) is 2.32. The van der Waals surface area contributed by atoms with Gasteiger partial charge < -0.3 is 10.6 Å². The number of benzene rings is 1. The standard InChI is InChI=1S/C11H12ClF2N3O2/c1-5(10(18)17-11(19)15-2)16-9-7(12)3-6(13)4-8(9)14/h3-5,16H,1-2H3,(H2,15,17,18,19). The lowest BCUT2D eigenvalue weighted by Crippen LogP contribution is -2.44. The Morgan fingerprint density at radius 2 is 1.95 bits per heavy atom. The van der Waals surface area contributed by atoms with Crippen molar-refractivity contribution in [2.45, 2.75) is 13.0 Å². The molecule has 0 saturated carbocycles. The molecule has 19 heavy (non-hydrogen) atoms. The quantitative estimate of drug-likeness (QED) is 0.796. The van der Waals surface area contributed by atoms with Gasteiger partial charge in [-0.1, -0.05) is 11.6 Å². The van der Waals surface area contributed by atoms with Gasteiger partial charge in [0.05, 0.1) is 10.7 Å². The Hall–Kier alpha value is -1.89. The summed E-state index contributed by atoms with van der Waals surface area (Å²) in [6.07, 6.45) is 0. The molecule has 0 aliphatic heterocycles. The summed E-state index contributed by atoms with van der Waals surface area (Å²) >= 11 is 5.66. The van der Waals surface area contributed by atoms with Gasteiger partial charge in [-0.3, -0.25) is 10.1 Å². The monoisotopic (exact) mass is 291 g/mol. The summed E-state index contributed by atoms with van der Waals surface area (Å²) in [7, 11) is 1.34. The molecule has 1 aromatic carbocycles. The zero-order valence-corrected chi connectivity index (χ0v) is 10.9. The van der Waals surface area contributed by atoms with E-state index in [0.29, 0.717) is 6.07 Å². The molecule has 0 aliphatic rings. The number of anilines is 1. The first kappa shape index (κ1) is 15.2. The van der Waals surface area contributed by atoms with Crippen molar-refractivity contribution < 1.29 is 18.4 Å². The van der Waals surface area contributed by atoms with E-state index in [1.54, 1.807) is 0 Å². The number of imide groups is 1. The Labute approximate surface area is 113 Å². The number of urea groups is 1. The molecule has 0 radical (unpaired) electrons. The Morgan fingerprint density at radius 3 is 2.47 bits per heavy atom. The highest BCUT2D eigenvalue weighted by Crippen LogP contribution is 2.26. The fourth-order valence-electron chi connectivity index (χ4n) is 1.24. The van der Waals surface area contributed by atoms with Crippen LogP contribution in [-0.4, -0.2) is 25.0 Å². The summed E-state index contributed by atoms with van der Waals surface area (Å²) in [6, 6.07) is -0.0763. The van der Waals surface area contributed by atoms with Crippen molar-refractivity contribution in [1.82, 2.24) is 10.6 Å². The zero-order valence-electron chi connectivity index (χ0n) is 10.2. The minimum absolute atomic E-state index is 0.197. The van der Waals surface area contributed by atoms with E-state index < -0.39 is 29.6 Å². The van der Waals surface area contributed by atoms with Gasteiger partial charge in [0.2, 0.25) is 5.91 Å². The molecule has 1 rings (SSSR count). The van der Waals surface area contributed by atoms with Crippen LogP contribution in [0.15, 0.2) is 12.1 Å². The maximum Gasteiger partial charge on any atom is 0.321 e. The summed E-state index contributed by atoms with van der Waals surface area (Å²) in [5, 5.41) is 6.48. The van der Waals surface area contributed by atoms with E-state index in [9.17, 15) is 18.4 Å². The van der Waals surface area contributed by atoms with Crippen LogP contribution in [0, 0.1) is 11.6 Å². The fourth-order valence-corrected chi connectivity index (χ4v) is 1.49. The first-order valence-electron chi connectivity index (χ1n) is 5.28. The third-order valence-electron chi connectivity index (χ3n) is 2.22. The van der Waals surface area contributed by atoms with E-state index in [1.165, 1.54) is 14.0 Å². The molecule has 1 unspecified atom stereocenters. The predicted octanol–water partition coefficient (Wildman–Crippen LogP) is 1.87. The van der Waals surface area contributed by atoms with E-state index in [-0.39, 0.29) is 10.7 Å². The largest absolute Gasteiger partial charge is 0.370 e. The van der Waals surface area contributed by atoms with E-state index >= 15 is 0 Å². The topological polar surface area (TPSA) is 70.2 Å². The molecule has 0 saturated heterocycles. The second-order valence-corrected chi connectivity index (χ2v) is 4.09. The number of carbonyl (C=O) groups is 2. The molecule has 104 valence electrons. The van der Waals surface area contributed by atoms with Gasteiger partial charge in [0.25, 0.3) is 0 Å². The van der Waals surface area contributed by atoms with Crippen LogP contribution in [0.3, 0.4) is 0 Å². The smallest absolute Gasteiger partial charge is 0.321 e. The minimum Gasteiger partial charge on any atom is -0.370 e. The van der Waals surface area contributed by atoms with Gasteiger partial charge in [-0.25, -0.2) is 13.6 Å². The van der Waals surface area contributed by atoms with Crippen LogP contribution < -0.4 is 16.0 Å². The third-order valence-corrected chi connectivity index (χ3v) is 2.52. The lowest BCUT2D eigenvalue weighted by atomic mass is 10.2. The molecular formula is C11H12ClF2N3O2. The first-order valence-corrected chi connectivity index (χ1v) is 5.66. The summed E-state index contributed by atoms with van der Waals surface area (Å²) in [5.74, 6) is -2.43. The Balaban J connectivity index is 2.80. The predicted molar refractivity (Wildman–Crippen MR) is 67.1 cm³/mol. The van der Waals surface area contributed by atoms with Crippen molar-refractivity contribution in [3.05, 3.63) is 28.8 Å². The van der Waals surface area contributed by atoms with Crippen LogP contribution >= 0.6 is 11.6 Å². The third kappa shape index (κ3) is 4.06. The van der Waals surface area contributed by atoms with Gasteiger partial charge in [0.15, 0.2) is 5.82 Å². The van der Waals surface area contributed by atoms with E-state index in [1.807, 2.05) is 5.32 Å². The molecule has 0 aromatic heterocycles. The normalized spacial score (nSPS) is 11.6. The summed E-state index contributed by atoms with van der Waals surface area (Å²) in [6.45, 7) is 1.40. The summed E-state index contributed by atoms with van der Waals surface area (Å²) < 4.78 is 26.3. The number of nitrogens with one attached hydrogen (secondary N) is 3. The lowest BCUT2D eigenvalue weighted by molar-refractivity contribution is -0.120. The van der Waals surface area contributed by atoms with Gasteiger partial charge in [-0.2, -0.15) is 0 Å². The number of amides is 3. The number of hydrogen-bond acceptors (Lipinski definition) is 3. The molecule has 0 aliphatic carbocycles. The fraction of sp³-hybridized carbons (Fsp3) is 0.273. The zero-order chi connectivity index (χ0) is 14.6. The molecule has 8 heteroatoms. The van der Waals surface area contributed by atoms with Crippen molar-refractivity contribution in [2.75, 3.05) is 12.4 Å². The van der Waals surface area contributed by atoms with E-state index in [4.69, 9.17) is 11.6 Å². The average molecular weight is 292 g/mol. The Bertz CT molecular complexity index is 488. The number of halogens is 3. The van der Waals surface area contributed by atoms with Gasteiger partial charge in [-0.15, -0.1) is 0 Å². The second-order valence-electron chi connectivity index (χ2n) is 3.68. The molecule has 1 atom stereocenters. The van der Waals surface area contributed by atoms with Gasteiger partial charge >= 0.3 is 6.03 Å². The maximum atomic E-state index is 13.5. The van der Waals surface area contributed by atoms with Crippen molar-refractivity contribution in [2.24, 2.45) is 0 Å². The molecule has 0 heterocycles. The lowest BCUT2D eigenvalue weighted by Gasteiger charge is -2.16. The Kier molecular flexibility index (Phi) is 5.05. The highest BCUT2D eigenvalue weighted by atomic mass is 35.5. The van der Waals surface area contributed by atoms with Crippen LogP contribution in [0.1, 0.15) is 6.92 Å². The molecule has 3 N–H and O–H groups in total. The minimum atomic E-state index is -0.935. The van der Waals surface area contributed by atoms with Gasteiger partial charge in [0.1, 0.15) is 11.9 Å². The van der Waals surface area contributed by atoms with E-state index in [0.717, 1.165) is 6.07 Å². The maximum absolute atomic E-state index is 13.5. The molecule has 0 bridgehead atoms. The number of carbonyl (C=O) groups excluding carboxylic acids is 2. The van der Waals surface area contributed by atoms with Crippen LogP contribution in [0.25, 0.3) is 0 Å². The van der Waals surface area contributed by atoms with Crippen LogP contribution in [-0.2, 0) is 4.79 Å². The number of rotatable bonds is 3. The number of hydrogen-bond donors (Lipinski definition) is 3. The molecule has 0 fully saturated rings. The highest BCUT2D eigenvalue weighted by Gasteiger charge is 2.18.